The molecule has 0 spiro atoms. The van der Waals surface area contributed by atoms with E-state index in [0.29, 0.717) is 12.8 Å². The zero-order valence-electron chi connectivity index (χ0n) is 13.1. The first-order chi connectivity index (χ1) is 11.2. The molecule has 0 saturated heterocycles. The average Bonchev–Trinajstić information content (AvgIpc) is 2.87. The molecule has 1 aromatic rings. The molecule has 9 heteroatoms. The van der Waals surface area contributed by atoms with Gasteiger partial charge in [-0.25, -0.2) is 4.98 Å². The Morgan fingerprint density at radius 3 is 2.83 bits per heavy atom. The predicted molar refractivity (Wildman–Crippen MR) is 103 cm³/mol. The number of halogens is 4. The summed E-state index contributed by atoms with van der Waals surface area (Å²) in [5, 5.41) is 12.7. The van der Waals surface area contributed by atoms with Crippen LogP contribution < -0.4 is 0 Å². The number of carbonyl (C=O) groups is 1. The second-order valence-electron chi connectivity index (χ2n) is 5.24. The molecule has 0 radical (unpaired) electrons. The van der Waals surface area contributed by atoms with Crippen molar-refractivity contribution in [2.24, 2.45) is 0 Å². The van der Waals surface area contributed by atoms with Gasteiger partial charge in [0.15, 0.2) is 0 Å². The molecular formula is C15H19BrCl3NO3S. The summed E-state index contributed by atoms with van der Waals surface area (Å²) >= 11 is 21.3. The van der Waals surface area contributed by atoms with Gasteiger partial charge < -0.3 is 9.84 Å². The smallest absolute Gasteiger partial charge is 0.305 e. The molecule has 0 unspecified atom stereocenters. The highest BCUT2D eigenvalue weighted by Crippen LogP contribution is 2.26. The maximum absolute atomic E-state index is 11.5. The van der Waals surface area contributed by atoms with Gasteiger partial charge in [-0.2, -0.15) is 0 Å². The lowest BCUT2D eigenvalue weighted by atomic mass is 10.1. The summed E-state index contributed by atoms with van der Waals surface area (Å²) < 4.78 is 4.18. The van der Waals surface area contributed by atoms with E-state index in [2.05, 4.69) is 20.9 Å². The Morgan fingerprint density at radius 2 is 2.21 bits per heavy atom. The van der Waals surface area contributed by atoms with E-state index in [-0.39, 0.29) is 19.0 Å². The van der Waals surface area contributed by atoms with Crippen LogP contribution in [0.1, 0.15) is 36.9 Å². The summed E-state index contributed by atoms with van der Waals surface area (Å²) in [7, 11) is 0. The fourth-order valence-electron chi connectivity index (χ4n) is 1.87. The molecule has 136 valence electrons. The van der Waals surface area contributed by atoms with Gasteiger partial charge in [0.1, 0.15) is 6.61 Å². The standard InChI is InChI=1S/C15H19BrCl3NO3S/c1-10(16)6-12(21)7-13-20-11(8-24-13)4-2-3-5-14(22)23-9-15(17,18)19/h6,8,12,21H,2-5,7,9H2,1H3/b10-6-/t12-/m0/s1. The summed E-state index contributed by atoms with van der Waals surface area (Å²) in [6, 6.07) is 0. The van der Waals surface area contributed by atoms with E-state index in [1.54, 1.807) is 6.08 Å². The van der Waals surface area contributed by atoms with Gasteiger partial charge in [0.25, 0.3) is 0 Å². The quantitative estimate of drug-likeness (QED) is 0.309. The first-order valence-electron chi connectivity index (χ1n) is 7.33. The number of alkyl halides is 3. The topological polar surface area (TPSA) is 59.4 Å². The van der Waals surface area contributed by atoms with Crippen molar-refractivity contribution in [3.8, 4) is 0 Å². The summed E-state index contributed by atoms with van der Waals surface area (Å²) in [5.74, 6) is -0.375. The van der Waals surface area contributed by atoms with Crippen LogP contribution in [0.15, 0.2) is 15.9 Å². The number of aliphatic hydroxyl groups excluding tert-OH is 1. The number of thiazole rings is 1. The van der Waals surface area contributed by atoms with Crippen LogP contribution in [0.25, 0.3) is 0 Å². The van der Waals surface area contributed by atoms with Crippen LogP contribution in [0.2, 0.25) is 0 Å². The summed E-state index contributed by atoms with van der Waals surface area (Å²) in [4.78, 5) is 16.0. The first kappa shape index (κ1) is 22.2. The summed E-state index contributed by atoms with van der Waals surface area (Å²) in [6.07, 6.45) is 4.25. The highest BCUT2D eigenvalue weighted by molar-refractivity contribution is 9.11. The third kappa shape index (κ3) is 10.9. The van der Waals surface area contributed by atoms with Crippen molar-refractivity contribution in [3.63, 3.8) is 0 Å². The molecule has 0 fully saturated rings. The summed E-state index contributed by atoms with van der Waals surface area (Å²) in [6.45, 7) is 1.63. The van der Waals surface area contributed by atoms with E-state index >= 15 is 0 Å². The van der Waals surface area contributed by atoms with Gasteiger partial charge in [-0.1, -0.05) is 50.7 Å². The third-order valence-electron chi connectivity index (χ3n) is 2.87. The Bertz CT molecular complexity index is 556. The van der Waals surface area contributed by atoms with E-state index in [9.17, 15) is 9.90 Å². The Labute approximate surface area is 169 Å². The van der Waals surface area contributed by atoms with E-state index in [1.165, 1.54) is 11.3 Å². The molecule has 1 heterocycles. The minimum Gasteiger partial charge on any atom is -0.461 e. The molecule has 0 amide bonds. The van der Waals surface area contributed by atoms with Crippen molar-refractivity contribution >= 4 is 68.0 Å². The third-order valence-corrected chi connectivity index (χ3v) is 4.38. The molecular weight excluding hydrogens is 460 g/mol. The van der Waals surface area contributed by atoms with Crippen LogP contribution in [-0.2, 0) is 22.4 Å². The molecule has 0 aromatic carbocycles. The van der Waals surface area contributed by atoms with Gasteiger partial charge >= 0.3 is 5.97 Å². The molecule has 0 aliphatic carbocycles. The lowest BCUT2D eigenvalue weighted by Gasteiger charge is -2.10. The SMILES string of the molecule is C/C(Br)=C/[C@H](O)Cc1nc(CCCCC(=O)OCC(Cl)(Cl)Cl)cs1. The molecule has 4 nitrogen and oxygen atoms in total. The molecule has 1 N–H and O–H groups in total. The van der Waals surface area contributed by atoms with Gasteiger partial charge in [-0.05, 0) is 36.7 Å². The van der Waals surface area contributed by atoms with Gasteiger partial charge in [0.05, 0.1) is 16.8 Å². The minimum atomic E-state index is -1.57. The number of unbranched alkanes of at least 4 members (excludes halogenated alkanes) is 1. The number of aromatic nitrogens is 1. The zero-order chi connectivity index (χ0) is 18.2. The molecule has 24 heavy (non-hydrogen) atoms. The number of hydrogen-bond acceptors (Lipinski definition) is 5. The first-order valence-corrected chi connectivity index (χ1v) is 10.1. The monoisotopic (exact) mass is 477 g/mol. The van der Waals surface area contributed by atoms with Gasteiger partial charge in [-0.15, -0.1) is 11.3 Å². The van der Waals surface area contributed by atoms with Crippen LogP contribution >= 0.6 is 62.1 Å². The molecule has 1 rings (SSSR count). The number of hydrogen-bond donors (Lipinski definition) is 1. The van der Waals surface area contributed by atoms with Gasteiger partial charge in [-0.3, -0.25) is 4.79 Å². The highest BCUT2D eigenvalue weighted by atomic mass is 79.9. The lowest BCUT2D eigenvalue weighted by molar-refractivity contribution is -0.143. The van der Waals surface area contributed by atoms with Crippen LogP contribution in [0.4, 0.5) is 0 Å². The Kier molecular flexibility index (Phi) is 10.2. The minimum absolute atomic E-state index is 0.239. The number of aliphatic hydroxyl groups is 1. The average molecular weight is 480 g/mol. The Balaban J connectivity index is 2.24. The van der Waals surface area contributed by atoms with Crippen molar-refractivity contribution in [2.45, 2.75) is 48.9 Å². The van der Waals surface area contributed by atoms with Crippen LogP contribution in [0, 0.1) is 0 Å². The Hall–Kier alpha value is 0.150. The van der Waals surface area contributed by atoms with Crippen molar-refractivity contribution in [1.29, 1.82) is 0 Å². The largest absolute Gasteiger partial charge is 0.461 e. The maximum Gasteiger partial charge on any atom is 0.305 e. The van der Waals surface area contributed by atoms with E-state index in [4.69, 9.17) is 39.5 Å². The fraction of sp³-hybridized carbons (Fsp3) is 0.600. The van der Waals surface area contributed by atoms with Crippen LogP contribution in [0.5, 0.6) is 0 Å². The fourth-order valence-corrected chi connectivity index (χ4v) is 3.22. The van der Waals surface area contributed by atoms with Crippen molar-refractivity contribution in [1.82, 2.24) is 4.98 Å². The molecule has 1 aromatic heterocycles. The summed E-state index contributed by atoms with van der Waals surface area (Å²) in [5.41, 5.74) is 0.969. The second kappa shape index (κ2) is 11.0. The number of nitrogens with zero attached hydrogens (tertiary/aromatic N) is 1. The van der Waals surface area contributed by atoms with E-state index < -0.39 is 9.90 Å². The van der Waals surface area contributed by atoms with E-state index in [1.807, 2.05) is 12.3 Å². The molecule has 0 saturated carbocycles. The number of aryl methyl sites for hydroxylation is 1. The zero-order valence-corrected chi connectivity index (χ0v) is 17.8. The number of carbonyl (C=O) groups excluding carboxylic acids is 1. The normalized spacial score (nSPS) is 13.8. The molecule has 1 atom stereocenters. The highest BCUT2D eigenvalue weighted by Gasteiger charge is 2.21. The molecule has 0 aliphatic heterocycles. The number of allylic oxidation sites excluding steroid dienone is 1. The number of ether oxygens (including phenoxy) is 1. The van der Waals surface area contributed by atoms with Crippen molar-refractivity contribution in [3.05, 3.63) is 26.6 Å². The van der Waals surface area contributed by atoms with Crippen LogP contribution in [-0.4, -0.2) is 32.6 Å². The maximum atomic E-state index is 11.5. The van der Waals surface area contributed by atoms with Crippen LogP contribution in [0.3, 0.4) is 0 Å². The Morgan fingerprint density at radius 1 is 1.50 bits per heavy atom. The second-order valence-corrected chi connectivity index (χ2v) is 9.95. The van der Waals surface area contributed by atoms with Crippen molar-refractivity contribution in [2.75, 3.05) is 6.61 Å². The lowest BCUT2D eigenvalue weighted by Crippen LogP contribution is -2.17. The van der Waals surface area contributed by atoms with Gasteiger partial charge in [0.2, 0.25) is 3.79 Å². The van der Waals surface area contributed by atoms with E-state index in [0.717, 1.165) is 28.0 Å². The van der Waals surface area contributed by atoms with Crippen molar-refractivity contribution < 1.29 is 14.6 Å². The van der Waals surface area contributed by atoms with Gasteiger partial charge in [0, 0.05) is 18.2 Å². The molecule has 0 aliphatic rings. The number of rotatable bonds is 9. The predicted octanol–water partition coefficient (Wildman–Crippen LogP) is 4.97. The number of esters is 1. The molecule has 0 bridgehead atoms.